The van der Waals surface area contributed by atoms with E-state index in [-0.39, 0.29) is 36.3 Å². The maximum Gasteiger partial charge on any atom is 0.327 e. The van der Waals surface area contributed by atoms with E-state index >= 15 is 0 Å². The molecule has 7 nitrogen and oxygen atoms in total. The van der Waals surface area contributed by atoms with Gasteiger partial charge in [0.25, 0.3) is 10.1 Å². The molecule has 216 valence electrons. The van der Waals surface area contributed by atoms with E-state index in [9.17, 15) is 22.6 Å². The number of rotatable bonds is 26. The number of unbranched alkanes of at least 4 members (excludes halogenated alkanes) is 18. The summed E-state index contributed by atoms with van der Waals surface area (Å²) in [5.41, 5.74) is 0. The lowest BCUT2D eigenvalue weighted by atomic mass is 10.1. The quantitative estimate of drug-likeness (QED) is 0.0518. The fourth-order valence-corrected chi connectivity index (χ4v) is 4.81. The fourth-order valence-electron chi connectivity index (χ4n) is 4.15. The molecule has 0 aromatic carbocycles. The van der Waals surface area contributed by atoms with E-state index in [2.05, 4.69) is 13.8 Å². The number of carbonyl (C=O) groups excluding carboxylic acids is 2. The highest BCUT2D eigenvalue weighted by Crippen LogP contribution is 2.13. The van der Waals surface area contributed by atoms with Gasteiger partial charge < -0.3 is 9.47 Å². The summed E-state index contributed by atoms with van der Waals surface area (Å²) in [6.45, 7) is 4.67. The topological polar surface area (TPSA) is 107 Å². The molecule has 9 heteroatoms. The van der Waals surface area contributed by atoms with Crippen molar-refractivity contribution in [2.45, 2.75) is 154 Å². The zero-order valence-electron chi connectivity index (χ0n) is 23.9. The third kappa shape index (κ3) is 25.6. The Morgan fingerprint density at radius 2 is 0.919 bits per heavy atom. The van der Waals surface area contributed by atoms with Crippen LogP contribution < -0.4 is 0 Å². The first-order valence-corrected chi connectivity index (χ1v) is 16.1. The van der Waals surface area contributed by atoms with Gasteiger partial charge >= 0.3 is 11.9 Å². The van der Waals surface area contributed by atoms with Crippen LogP contribution >= 0.6 is 0 Å². The molecule has 0 saturated heterocycles. The minimum Gasteiger partial charge on any atom is -0.466 e. The fraction of sp³-hybridized carbons (Fsp3) is 0.929. The highest BCUT2D eigenvalue weighted by atomic mass is 32.2. The van der Waals surface area contributed by atoms with Crippen molar-refractivity contribution in [1.29, 1.82) is 0 Å². The Bertz CT molecular complexity index is 640. The van der Waals surface area contributed by atoms with Crippen molar-refractivity contribution in [1.82, 2.24) is 0 Å². The molecule has 0 bridgehead atoms. The standard InChI is InChI=1S/C28H54O7S.Mg/c1-3-5-7-9-11-13-15-17-19-21-23-34-27(29)25-26(36(31,32)33)28(30)35-24-22-20-18-16-14-12-10-8-6-4-2;/h26H,3-25H2,1-2H3,(H,31,32,33);. The van der Waals surface area contributed by atoms with Gasteiger partial charge in [-0.05, 0) is 12.8 Å². The largest absolute Gasteiger partial charge is 0.466 e. The Balaban J connectivity index is 0. The summed E-state index contributed by atoms with van der Waals surface area (Å²) in [5, 5.41) is -1.93. The summed E-state index contributed by atoms with van der Waals surface area (Å²) < 4.78 is 42.7. The van der Waals surface area contributed by atoms with Crippen LogP contribution in [0.5, 0.6) is 0 Å². The minimum absolute atomic E-state index is 0. The molecule has 0 spiro atoms. The lowest BCUT2D eigenvalue weighted by Gasteiger charge is -2.13. The van der Waals surface area contributed by atoms with E-state index < -0.39 is 33.7 Å². The highest BCUT2D eigenvalue weighted by Gasteiger charge is 2.35. The average molecular weight is 559 g/mol. The van der Waals surface area contributed by atoms with Gasteiger partial charge in [-0.1, -0.05) is 129 Å². The van der Waals surface area contributed by atoms with Gasteiger partial charge in [-0.15, -0.1) is 0 Å². The number of ether oxygens (including phenoxy) is 2. The third-order valence-corrected chi connectivity index (χ3v) is 7.56. The molecular weight excluding hydrogens is 505 g/mol. The predicted molar refractivity (Wildman–Crippen MR) is 151 cm³/mol. The Hall–Kier alpha value is -0.384. The summed E-state index contributed by atoms with van der Waals surface area (Å²) in [6, 6.07) is 0. The van der Waals surface area contributed by atoms with E-state index in [0.717, 1.165) is 38.5 Å². The lowest BCUT2D eigenvalue weighted by Crippen LogP contribution is -2.34. The van der Waals surface area contributed by atoms with Crippen LogP contribution in [0.4, 0.5) is 0 Å². The van der Waals surface area contributed by atoms with Gasteiger partial charge in [0.2, 0.25) is 0 Å². The van der Waals surface area contributed by atoms with Crippen LogP contribution in [-0.4, -0.2) is 66.4 Å². The molecule has 1 atom stereocenters. The predicted octanol–water partition coefficient (Wildman–Crippen LogP) is 7.18. The van der Waals surface area contributed by atoms with Crippen LogP contribution in [0.1, 0.15) is 149 Å². The van der Waals surface area contributed by atoms with Crippen molar-refractivity contribution in [2.24, 2.45) is 0 Å². The highest BCUT2D eigenvalue weighted by molar-refractivity contribution is 7.87. The summed E-state index contributed by atoms with van der Waals surface area (Å²) >= 11 is 0. The zero-order chi connectivity index (χ0) is 26.9. The molecule has 0 heterocycles. The van der Waals surface area contributed by atoms with Crippen LogP contribution in [-0.2, 0) is 29.2 Å². The van der Waals surface area contributed by atoms with Gasteiger partial charge in [-0.3, -0.25) is 14.1 Å². The Kier molecular flexibility index (Phi) is 28.5. The molecule has 0 rings (SSSR count). The lowest BCUT2D eigenvalue weighted by molar-refractivity contribution is -0.150. The van der Waals surface area contributed by atoms with Gasteiger partial charge in [0.15, 0.2) is 5.25 Å². The van der Waals surface area contributed by atoms with Crippen molar-refractivity contribution in [3.8, 4) is 0 Å². The van der Waals surface area contributed by atoms with Gasteiger partial charge in [0, 0.05) is 23.1 Å². The van der Waals surface area contributed by atoms with Crippen molar-refractivity contribution in [3.63, 3.8) is 0 Å². The Morgan fingerprint density at radius 1 is 0.595 bits per heavy atom. The molecule has 0 saturated carbocycles. The normalized spacial score (nSPS) is 12.1. The summed E-state index contributed by atoms with van der Waals surface area (Å²) in [4.78, 5) is 24.2. The zero-order valence-corrected chi connectivity index (χ0v) is 26.1. The summed E-state index contributed by atoms with van der Waals surface area (Å²) in [6.07, 6.45) is 22.1. The molecule has 1 unspecified atom stereocenters. The van der Waals surface area contributed by atoms with Crippen LogP contribution in [0, 0.1) is 0 Å². The third-order valence-electron chi connectivity index (χ3n) is 6.48. The number of esters is 2. The van der Waals surface area contributed by atoms with E-state index in [1.165, 1.54) is 77.0 Å². The first-order valence-electron chi connectivity index (χ1n) is 14.6. The molecule has 0 aliphatic carbocycles. The Labute approximate surface area is 243 Å². The number of hydrogen-bond donors (Lipinski definition) is 1. The van der Waals surface area contributed by atoms with Crippen LogP contribution in [0.2, 0.25) is 0 Å². The monoisotopic (exact) mass is 558 g/mol. The molecule has 0 aliphatic heterocycles. The molecule has 0 amide bonds. The SMILES string of the molecule is CCCCCCCCCCCCOC(=O)CC(C(=O)OCCCCCCCCCCCC)S(=O)(=O)O.[Mg]. The van der Waals surface area contributed by atoms with Crippen LogP contribution in [0.3, 0.4) is 0 Å². The molecule has 0 aromatic heterocycles. The van der Waals surface area contributed by atoms with E-state index in [1.807, 2.05) is 0 Å². The van der Waals surface area contributed by atoms with Crippen molar-refractivity contribution >= 4 is 45.1 Å². The van der Waals surface area contributed by atoms with E-state index in [0.29, 0.717) is 12.8 Å². The second kappa shape index (κ2) is 27.2. The van der Waals surface area contributed by atoms with Gasteiger partial charge in [0.05, 0.1) is 19.6 Å². The van der Waals surface area contributed by atoms with E-state index in [4.69, 9.17) is 9.47 Å². The molecule has 0 aromatic rings. The maximum atomic E-state index is 12.2. The molecule has 1 N–H and O–H groups in total. The molecule has 0 aliphatic rings. The van der Waals surface area contributed by atoms with Crippen molar-refractivity contribution in [2.75, 3.05) is 13.2 Å². The molecular formula is C28H54MgO7S. The molecule has 0 fully saturated rings. The van der Waals surface area contributed by atoms with Crippen molar-refractivity contribution < 1.29 is 32.0 Å². The molecule has 37 heavy (non-hydrogen) atoms. The van der Waals surface area contributed by atoms with Gasteiger partial charge in [-0.2, -0.15) is 8.42 Å². The van der Waals surface area contributed by atoms with Gasteiger partial charge in [-0.25, -0.2) is 0 Å². The van der Waals surface area contributed by atoms with Crippen LogP contribution in [0.15, 0.2) is 0 Å². The molecule has 2 radical (unpaired) electrons. The smallest absolute Gasteiger partial charge is 0.327 e. The number of carbonyl (C=O) groups is 2. The second-order valence-electron chi connectivity index (χ2n) is 9.96. The first kappa shape index (κ1) is 38.8. The maximum absolute atomic E-state index is 12.2. The van der Waals surface area contributed by atoms with Gasteiger partial charge in [0.1, 0.15) is 0 Å². The first-order chi connectivity index (χ1) is 17.3. The minimum atomic E-state index is -4.75. The van der Waals surface area contributed by atoms with Crippen molar-refractivity contribution in [3.05, 3.63) is 0 Å². The summed E-state index contributed by atoms with van der Waals surface area (Å²) in [7, 11) is -4.75. The Morgan fingerprint density at radius 3 is 1.27 bits per heavy atom. The average Bonchev–Trinajstić information content (AvgIpc) is 2.83. The number of hydrogen-bond acceptors (Lipinski definition) is 6. The second-order valence-corrected chi connectivity index (χ2v) is 11.6. The summed E-state index contributed by atoms with van der Waals surface area (Å²) in [5.74, 6) is -1.91. The van der Waals surface area contributed by atoms with Crippen LogP contribution in [0.25, 0.3) is 0 Å². The van der Waals surface area contributed by atoms with E-state index in [1.54, 1.807) is 0 Å².